The lowest BCUT2D eigenvalue weighted by atomic mass is 10.1. The Bertz CT molecular complexity index is 317. The van der Waals surface area contributed by atoms with E-state index in [4.69, 9.17) is 5.26 Å². The molecule has 0 amide bonds. The van der Waals surface area contributed by atoms with E-state index >= 15 is 0 Å². The Morgan fingerprint density at radius 1 is 1.38 bits per heavy atom. The maximum Gasteiger partial charge on any atom is 0.0947 e. The highest BCUT2D eigenvalue weighted by Crippen LogP contribution is 2.07. The predicted octanol–water partition coefficient (Wildman–Crippen LogP) is 3.09. The average molecular weight is 171 g/mol. The molecule has 0 atom stereocenters. The molecular formula is C12H13N. The first-order chi connectivity index (χ1) is 6.36. The van der Waals surface area contributed by atoms with E-state index in [9.17, 15) is 0 Å². The van der Waals surface area contributed by atoms with Crippen LogP contribution in [0.25, 0.3) is 0 Å². The normalized spacial score (nSPS) is 10.9. The van der Waals surface area contributed by atoms with Crippen LogP contribution < -0.4 is 0 Å². The summed E-state index contributed by atoms with van der Waals surface area (Å²) < 4.78 is 0. The Morgan fingerprint density at radius 2 is 2.08 bits per heavy atom. The highest BCUT2D eigenvalue weighted by Gasteiger charge is 1.96. The summed E-state index contributed by atoms with van der Waals surface area (Å²) in [4.78, 5) is 0. The van der Waals surface area contributed by atoms with Crippen LogP contribution in [-0.2, 0) is 6.42 Å². The Hall–Kier alpha value is -1.55. The number of hydrogen-bond acceptors (Lipinski definition) is 1. The summed E-state index contributed by atoms with van der Waals surface area (Å²) in [7, 11) is 0. The van der Waals surface area contributed by atoms with Crippen LogP contribution in [0.1, 0.15) is 18.9 Å². The predicted molar refractivity (Wildman–Crippen MR) is 54.1 cm³/mol. The second-order valence-corrected chi connectivity index (χ2v) is 2.91. The minimum atomic E-state index is 0.755. The van der Waals surface area contributed by atoms with E-state index in [-0.39, 0.29) is 0 Å². The van der Waals surface area contributed by atoms with Gasteiger partial charge in [0, 0.05) is 12.0 Å². The van der Waals surface area contributed by atoms with Gasteiger partial charge in [0.05, 0.1) is 6.07 Å². The molecule has 0 aliphatic carbocycles. The maximum atomic E-state index is 8.80. The lowest BCUT2D eigenvalue weighted by Gasteiger charge is -1.98. The van der Waals surface area contributed by atoms with Crippen LogP contribution in [0.5, 0.6) is 0 Å². The molecule has 0 heterocycles. The van der Waals surface area contributed by atoms with E-state index < -0.39 is 0 Å². The third-order valence-electron chi connectivity index (χ3n) is 1.83. The molecule has 1 rings (SSSR count). The van der Waals surface area contributed by atoms with E-state index in [1.54, 1.807) is 0 Å². The van der Waals surface area contributed by atoms with Gasteiger partial charge >= 0.3 is 0 Å². The van der Waals surface area contributed by atoms with Crippen LogP contribution in [-0.4, -0.2) is 0 Å². The van der Waals surface area contributed by atoms with Crippen molar-refractivity contribution in [3.05, 3.63) is 47.5 Å². The van der Waals surface area contributed by atoms with Gasteiger partial charge in [-0.05, 0) is 12.0 Å². The largest absolute Gasteiger partial charge is 0.193 e. The van der Waals surface area contributed by atoms with Crippen molar-refractivity contribution in [2.24, 2.45) is 0 Å². The zero-order valence-corrected chi connectivity index (χ0v) is 7.83. The molecule has 0 fully saturated rings. The highest BCUT2D eigenvalue weighted by atomic mass is 14.2. The van der Waals surface area contributed by atoms with Gasteiger partial charge in [0.2, 0.25) is 0 Å². The number of nitriles is 1. The van der Waals surface area contributed by atoms with E-state index in [0.717, 1.165) is 18.4 Å². The SMILES string of the molecule is CC/C=C(\C#N)Cc1ccccc1. The van der Waals surface area contributed by atoms with Gasteiger partial charge in [-0.3, -0.25) is 0 Å². The number of rotatable bonds is 3. The van der Waals surface area contributed by atoms with Crippen LogP contribution in [0.15, 0.2) is 42.0 Å². The molecule has 0 saturated heterocycles. The molecular weight excluding hydrogens is 158 g/mol. The molecule has 0 spiro atoms. The van der Waals surface area contributed by atoms with Crippen molar-refractivity contribution in [3.8, 4) is 6.07 Å². The highest BCUT2D eigenvalue weighted by molar-refractivity contribution is 5.29. The smallest absolute Gasteiger partial charge is 0.0947 e. The molecule has 0 bridgehead atoms. The van der Waals surface area contributed by atoms with Gasteiger partial charge in [0.1, 0.15) is 0 Å². The van der Waals surface area contributed by atoms with Gasteiger partial charge in [-0.25, -0.2) is 0 Å². The van der Waals surface area contributed by atoms with Gasteiger partial charge < -0.3 is 0 Å². The number of hydrogen-bond donors (Lipinski definition) is 0. The molecule has 1 nitrogen and oxygen atoms in total. The van der Waals surface area contributed by atoms with Crippen molar-refractivity contribution in [1.82, 2.24) is 0 Å². The van der Waals surface area contributed by atoms with E-state index in [0.29, 0.717) is 0 Å². The molecule has 0 aromatic heterocycles. The van der Waals surface area contributed by atoms with Crippen LogP contribution in [0.4, 0.5) is 0 Å². The summed E-state index contributed by atoms with van der Waals surface area (Å²) in [6, 6.07) is 12.3. The van der Waals surface area contributed by atoms with E-state index in [1.807, 2.05) is 43.3 Å². The first-order valence-corrected chi connectivity index (χ1v) is 4.50. The quantitative estimate of drug-likeness (QED) is 0.641. The fourth-order valence-electron chi connectivity index (χ4n) is 1.22. The summed E-state index contributed by atoms with van der Waals surface area (Å²) in [5.41, 5.74) is 2.05. The summed E-state index contributed by atoms with van der Waals surface area (Å²) in [6.45, 7) is 2.04. The number of allylic oxidation sites excluding steroid dienone is 2. The van der Waals surface area contributed by atoms with Gasteiger partial charge in [-0.15, -0.1) is 0 Å². The fourth-order valence-corrected chi connectivity index (χ4v) is 1.22. The Morgan fingerprint density at radius 3 is 2.62 bits per heavy atom. The molecule has 13 heavy (non-hydrogen) atoms. The van der Waals surface area contributed by atoms with E-state index in [2.05, 4.69) is 6.07 Å². The molecule has 66 valence electrons. The van der Waals surface area contributed by atoms with Crippen molar-refractivity contribution in [2.75, 3.05) is 0 Å². The first-order valence-electron chi connectivity index (χ1n) is 4.50. The molecule has 0 saturated carbocycles. The minimum absolute atomic E-state index is 0.755. The second-order valence-electron chi connectivity index (χ2n) is 2.91. The van der Waals surface area contributed by atoms with Crippen molar-refractivity contribution in [1.29, 1.82) is 5.26 Å². The molecule has 1 heteroatoms. The lowest BCUT2D eigenvalue weighted by molar-refractivity contribution is 1.13. The summed E-state index contributed by atoms with van der Waals surface area (Å²) in [5.74, 6) is 0. The van der Waals surface area contributed by atoms with Gasteiger partial charge in [-0.2, -0.15) is 5.26 Å². The Labute approximate surface area is 79.3 Å². The zero-order chi connectivity index (χ0) is 9.52. The Balaban J connectivity index is 2.69. The minimum Gasteiger partial charge on any atom is -0.193 e. The van der Waals surface area contributed by atoms with Gasteiger partial charge in [0.25, 0.3) is 0 Å². The molecule has 0 radical (unpaired) electrons. The molecule has 0 aliphatic heterocycles. The monoisotopic (exact) mass is 171 g/mol. The topological polar surface area (TPSA) is 23.8 Å². The maximum absolute atomic E-state index is 8.80. The summed E-state index contributed by atoms with van der Waals surface area (Å²) >= 11 is 0. The number of nitrogens with zero attached hydrogens (tertiary/aromatic N) is 1. The molecule has 0 N–H and O–H groups in total. The third-order valence-corrected chi connectivity index (χ3v) is 1.83. The second kappa shape index (κ2) is 5.16. The van der Waals surface area contributed by atoms with Crippen molar-refractivity contribution >= 4 is 0 Å². The van der Waals surface area contributed by atoms with Crippen molar-refractivity contribution in [2.45, 2.75) is 19.8 Å². The third kappa shape index (κ3) is 3.13. The standard InChI is InChI=1S/C12H13N/c1-2-6-12(10-13)9-11-7-4-3-5-8-11/h3-8H,2,9H2,1H3/b12-6-. The van der Waals surface area contributed by atoms with Crippen molar-refractivity contribution < 1.29 is 0 Å². The van der Waals surface area contributed by atoms with Gasteiger partial charge in [0.15, 0.2) is 0 Å². The zero-order valence-electron chi connectivity index (χ0n) is 7.83. The van der Waals surface area contributed by atoms with Crippen LogP contribution in [0.3, 0.4) is 0 Å². The molecule has 0 unspecified atom stereocenters. The molecule has 1 aromatic rings. The van der Waals surface area contributed by atoms with Gasteiger partial charge in [-0.1, -0.05) is 43.3 Å². The first kappa shape index (κ1) is 9.54. The molecule has 0 aliphatic rings. The average Bonchev–Trinajstić information content (AvgIpc) is 2.19. The summed E-state index contributed by atoms with van der Waals surface area (Å²) in [6.07, 6.45) is 3.66. The number of benzene rings is 1. The van der Waals surface area contributed by atoms with E-state index in [1.165, 1.54) is 5.56 Å². The van der Waals surface area contributed by atoms with Crippen LogP contribution >= 0.6 is 0 Å². The lowest BCUT2D eigenvalue weighted by Crippen LogP contribution is -1.87. The summed E-state index contributed by atoms with van der Waals surface area (Å²) in [5, 5.41) is 8.80. The van der Waals surface area contributed by atoms with Crippen molar-refractivity contribution in [3.63, 3.8) is 0 Å². The van der Waals surface area contributed by atoms with Crippen LogP contribution in [0, 0.1) is 11.3 Å². The molecule has 1 aromatic carbocycles. The van der Waals surface area contributed by atoms with Crippen LogP contribution in [0.2, 0.25) is 0 Å². The Kier molecular flexibility index (Phi) is 3.78. The fraction of sp³-hybridized carbons (Fsp3) is 0.250.